The minimum Gasteiger partial charge on any atom is -0.469 e. The molecule has 0 bridgehead atoms. The summed E-state index contributed by atoms with van der Waals surface area (Å²) in [6.07, 6.45) is -2.70. The van der Waals surface area contributed by atoms with Crippen molar-refractivity contribution >= 4 is 24.1 Å². The first kappa shape index (κ1) is 17.7. The number of carbonyl (C=O) groups excluding carboxylic acids is 4. The molecule has 114 valence electrons. The molecule has 0 rings (SSSR count). The van der Waals surface area contributed by atoms with Crippen molar-refractivity contribution in [2.24, 2.45) is 0 Å². The first-order chi connectivity index (χ1) is 9.34. The summed E-state index contributed by atoms with van der Waals surface area (Å²) >= 11 is 0. The van der Waals surface area contributed by atoms with Gasteiger partial charge in [0.05, 0.1) is 41.3 Å². The second-order valence-electron chi connectivity index (χ2n) is 3.55. The van der Waals surface area contributed by atoms with E-state index in [4.69, 9.17) is 4.74 Å². The molecule has 0 aliphatic heterocycles. The van der Waals surface area contributed by atoms with Gasteiger partial charge in [0.15, 0.2) is 0 Å². The van der Waals surface area contributed by atoms with Gasteiger partial charge in [-0.2, -0.15) is 0 Å². The third-order valence-corrected chi connectivity index (χ3v) is 2.32. The molecule has 0 aromatic rings. The monoisotopic (exact) mass is 292 g/mol. The Kier molecular flexibility index (Phi) is 7.05. The van der Waals surface area contributed by atoms with Gasteiger partial charge in [-0.3, -0.25) is 9.59 Å². The number of hydrogen-bond donors (Lipinski definition) is 0. The first-order valence-corrected chi connectivity index (χ1v) is 5.34. The summed E-state index contributed by atoms with van der Waals surface area (Å²) in [7, 11) is 4.15. The minimum atomic E-state index is -2.21. The summed E-state index contributed by atoms with van der Waals surface area (Å²) in [6.45, 7) is 0. The predicted molar refractivity (Wildman–Crippen MR) is 61.5 cm³/mol. The number of methoxy groups -OCH3 is 4. The topological polar surface area (TPSA) is 114 Å². The molecule has 9 heteroatoms. The average molecular weight is 292 g/mol. The average Bonchev–Trinajstić information content (AvgIpc) is 2.45. The highest BCUT2D eigenvalue weighted by atomic mass is 16.7. The fourth-order valence-corrected chi connectivity index (χ4v) is 1.32. The lowest BCUT2D eigenvalue weighted by Crippen LogP contribution is -2.48. The van der Waals surface area contributed by atoms with Crippen LogP contribution >= 0.6 is 0 Å². The smallest absolute Gasteiger partial charge is 0.469 e. The highest BCUT2D eigenvalue weighted by molar-refractivity contribution is 5.91. The molecule has 0 aliphatic carbocycles. The summed E-state index contributed by atoms with van der Waals surface area (Å²) in [5.74, 6) is -2.88. The summed E-state index contributed by atoms with van der Waals surface area (Å²) in [4.78, 5) is 45.8. The van der Waals surface area contributed by atoms with Crippen molar-refractivity contribution in [3.63, 3.8) is 0 Å². The van der Waals surface area contributed by atoms with Crippen LogP contribution in [-0.4, -0.2) is 58.1 Å². The molecule has 0 aliphatic rings. The third kappa shape index (κ3) is 4.75. The van der Waals surface area contributed by atoms with Gasteiger partial charge in [-0.15, -0.1) is 0 Å². The van der Waals surface area contributed by atoms with Crippen molar-refractivity contribution in [3.8, 4) is 0 Å². The molecule has 0 spiro atoms. The molecule has 9 nitrogen and oxygen atoms in total. The highest BCUT2D eigenvalue weighted by Crippen LogP contribution is 2.25. The molecular formula is C11H16O9. The van der Waals surface area contributed by atoms with E-state index in [1.165, 1.54) is 0 Å². The fourth-order valence-electron chi connectivity index (χ4n) is 1.32. The minimum absolute atomic E-state index is 0.722. The van der Waals surface area contributed by atoms with E-state index in [0.29, 0.717) is 0 Å². The maximum Gasteiger partial charge on any atom is 0.509 e. The molecule has 0 radical (unpaired) electrons. The Hall–Kier alpha value is -2.32. The standard InChI is InChI=1S/C11H16O9/c1-16-7(12)5-11(9(14)18-3,6-8(13)17-2)20-10(15)19-4/h5-6H2,1-4H3. The van der Waals surface area contributed by atoms with Gasteiger partial charge in [-0.05, 0) is 0 Å². The van der Waals surface area contributed by atoms with E-state index in [-0.39, 0.29) is 0 Å². The molecular weight excluding hydrogens is 276 g/mol. The normalized spacial score (nSPS) is 10.2. The van der Waals surface area contributed by atoms with E-state index in [2.05, 4.69) is 18.9 Å². The van der Waals surface area contributed by atoms with Crippen LogP contribution in [0.25, 0.3) is 0 Å². The van der Waals surface area contributed by atoms with E-state index < -0.39 is 42.5 Å². The Bertz CT molecular complexity index is 342. The van der Waals surface area contributed by atoms with Crippen molar-refractivity contribution in [2.45, 2.75) is 18.4 Å². The lowest BCUT2D eigenvalue weighted by atomic mass is 9.95. The molecule has 0 saturated carbocycles. The second-order valence-corrected chi connectivity index (χ2v) is 3.55. The lowest BCUT2D eigenvalue weighted by Gasteiger charge is -2.27. The van der Waals surface area contributed by atoms with Gasteiger partial charge in [0, 0.05) is 0 Å². The Morgan fingerprint density at radius 2 is 1.20 bits per heavy atom. The Labute approximate surface area is 115 Å². The summed E-state index contributed by atoms with van der Waals surface area (Å²) in [6, 6.07) is 0. The predicted octanol–water partition coefficient (Wildman–Crippen LogP) is -0.193. The van der Waals surface area contributed by atoms with Crippen LogP contribution < -0.4 is 0 Å². The molecule has 20 heavy (non-hydrogen) atoms. The van der Waals surface area contributed by atoms with Crippen molar-refractivity contribution in [1.82, 2.24) is 0 Å². The third-order valence-electron chi connectivity index (χ3n) is 2.32. The van der Waals surface area contributed by atoms with Crippen molar-refractivity contribution in [3.05, 3.63) is 0 Å². The molecule has 0 N–H and O–H groups in total. The molecule has 0 amide bonds. The van der Waals surface area contributed by atoms with E-state index >= 15 is 0 Å². The number of hydrogen-bond acceptors (Lipinski definition) is 9. The van der Waals surface area contributed by atoms with Crippen molar-refractivity contribution < 1.29 is 42.9 Å². The molecule has 0 fully saturated rings. The highest BCUT2D eigenvalue weighted by Gasteiger charge is 2.49. The van der Waals surface area contributed by atoms with Crippen LogP contribution in [0.3, 0.4) is 0 Å². The van der Waals surface area contributed by atoms with E-state index in [0.717, 1.165) is 28.4 Å². The summed E-state index contributed by atoms with van der Waals surface area (Å²) in [5, 5.41) is 0. The fraction of sp³-hybridized carbons (Fsp3) is 0.636. The van der Waals surface area contributed by atoms with Crippen molar-refractivity contribution in [2.75, 3.05) is 28.4 Å². The van der Waals surface area contributed by atoms with Gasteiger partial charge in [0.2, 0.25) is 5.60 Å². The van der Waals surface area contributed by atoms with Gasteiger partial charge >= 0.3 is 24.1 Å². The van der Waals surface area contributed by atoms with E-state index in [9.17, 15) is 19.2 Å². The maximum absolute atomic E-state index is 11.8. The molecule has 0 atom stereocenters. The quantitative estimate of drug-likeness (QED) is 0.485. The molecule has 0 unspecified atom stereocenters. The van der Waals surface area contributed by atoms with Crippen LogP contribution in [0.2, 0.25) is 0 Å². The van der Waals surface area contributed by atoms with Gasteiger partial charge in [0.25, 0.3) is 0 Å². The van der Waals surface area contributed by atoms with Crippen LogP contribution in [0.4, 0.5) is 4.79 Å². The SMILES string of the molecule is COC(=O)CC(CC(=O)OC)(OC(=O)OC)C(=O)OC. The van der Waals surface area contributed by atoms with Crippen LogP contribution in [0.1, 0.15) is 12.8 Å². The van der Waals surface area contributed by atoms with Crippen LogP contribution in [-0.2, 0) is 38.1 Å². The van der Waals surface area contributed by atoms with Gasteiger partial charge in [0.1, 0.15) is 0 Å². The zero-order valence-electron chi connectivity index (χ0n) is 11.6. The van der Waals surface area contributed by atoms with Gasteiger partial charge in [-0.1, -0.05) is 0 Å². The maximum atomic E-state index is 11.8. The Morgan fingerprint density at radius 3 is 1.50 bits per heavy atom. The molecule has 0 aromatic carbocycles. The summed E-state index contributed by atoms with van der Waals surface area (Å²) < 4.78 is 22.3. The van der Waals surface area contributed by atoms with Gasteiger partial charge in [-0.25, -0.2) is 9.59 Å². The Balaban J connectivity index is 5.48. The molecule has 0 saturated heterocycles. The zero-order valence-corrected chi connectivity index (χ0v) is 11.6. The lowest BCUT2D eigenvalue weighted by molar-refractivity contribution is -0.176. The van der Waals surface area contributed by atoms with E-state index in [1.807, 2.05) is 0 Å². The second kappa shape index (κ2) is 7.97. The number of esters is 3. The summed E-state index contributed by atoms with van der Waals surface area (Å²) in [5.41, 5.74) is -2.21. The van der Waals surface area contributed by atoms with Crippen LogP contribution in [0.5, 0.6) is 0 Å². The van der Waals surface area contributed by atoms with Gasteiger partial charge < -0.3 is 23.7 Å². The number of rotatable bonds is 6. The molecule has 0 aromatic heterocycles. The zero-order chi connectivity index (χ0) is 15.8. The number of ether oxygens (including phenoxy) is 5. The van der Waals surface area contributed by atoms with Crippen LogP contribution in [0.15, 0.2) is 0 Å². The largest absolute Gasteiger partial charge is 0.509 e. The van der Waals surface area contributed by atoms with Crippen LogP contribution in [0, 0.1) is 0 Å². The number of carbonyl (C=O) groups is 4. The first-order valence-electron chi connectivity index (χ1n) is 5.34. The van der Waals surface area contributed by atoms with E-state index in [1.54, 1.807) is 0 Å². The van der Waals surface area contributed by atoms with Crippen molar-refractivity contribution in [1.29, 1.82) is 0 Å². The Morgan fingerprint density at radius 1 is 0.750 bits per heavy atom. The molecule has 0 heterocycles.